The van der Waals surface area contributed by atoms with E-state index in [0.29, 0.717) is 6.07 Å². The molecule has 0 radical (unpaired) electrons. The van der Waals surface area contributed by atoms with Crippen LogP contribution in [0.5, 0.6) is 0 Å². The third kappa shape index (κ3) is 4.55. The molecule has 0 aliphatic rings. The number of terminal acetylenes is 1. The largest absolute Gasteiger partial charge is 0.433 e. The normalized spacial score (nSPS) is 11.1. The molecule has 0 bridgehead atoms. The van der Waals surface area contributed by atoms with Crippen molar-refractivity contribution in [2.24, 2.45) is 0 Å². The lowest BCUT2D eigenvalue weighted by Crippen LogP contribution is -2.15. The van der Waals surface area contributed by atoms with Gasteiger partial charge in [-0.1, -0.05) is 29.1 Å². The minimum absolute atomic E-state index is 0.0674. The van der Waals surface area contributed by atoms with Gasteiger partial charge in [-0.3, -0.25) is 9.78 Å². The third-order valence-electron chi connectivity index (χ3n) is 4.10. The van der Waals surface area contributed by atoms with Crippen molar-refractivity contribution in [3.8, 4) is 23.5 Å². The lowest BCUT2D eigenvalue weighted by atomic mass is 9.98. The summed E-state index contributed by atoms with van der Waals surface area (Å²) in [5, 5.41) is 1.92. The standard InChI is InChI=1S/C20H10Cl2F4N4O/c1-2-9-8-29-18(22)17(27)16(9)12-6-13(21)11(7-14(12)23)19(31)30-10-3-4-28-15(5-10)20(24,25)26/h1,3-8H,27H2,(H,28,30,31). The zero-order valence-corrected chi connectivity index (χ0v) is 16.7. The molecule has 0 unspecified atom stereocenters. The second-order valence-electron chi connectivity index (χ2n) is 6.09. The first kappa shape index (κ1) is 22.3. The quantitative estimate of drug-likeness (QED) is 0.305. The Bertz CT molecular complexity index is 1240. The lowest BCUT2D eigenvalue weighted by Gasteiger charge is -2.14. The van der Waals surface area contributed by atoms with Crippen LogP contribution in [-0.4, -0.2) is 15.9 Å². The Morgan fingerprint density at radius 3 is 2.55 bits per heavy atom. The van der Waals surface area contributed by atoms with Gasteiger partial charge in [0, 0.05) is 29.2 Å². The Morgan fingerprint density at radius 1 is 1.19 bits per heavy atom. The van der Waals surface area contributed by atoms with Gasteiger partial charge in [-0.25, -0.2) is 9.37 Å². The van der Waals surface area contributed by atoms with Crippen LogP contribution >= 0.6 is 23.2 Å². The van der Waals surface area contributed by atoms with Gasteiger partial charge in [0.05, 0.1) is 21.8 Å². The average Bonchev–Trinajstić information content (AvgIpc) is 2.71. The first-order valence-corrected chi connectivity index (χ1v) is 9.03. The van der Waals surface area contributed by atoms with E-state index in [2.05, 4.69) is 21.2 Å². The van der Waals surface area contributed by atoms with E-state index in [1.165, 1.54) is 6.20 Å². The molecule has 3 N–H and O–H groups in total. The van der Waals surface area contributed by atoms with Gasteiger partial charge in [-0.2, -0.15) is 13.2 Å². The molecule has 0 atom stereocenters. The smallest absolute Gasteiger partial charge is 0.396 e. The van der Waals surface area contributed by atoms with Crippen LogP contribution in [0.3, 0.4) is 0 Å². The van der Waals surface area contributed by atoms with Crippen molar-refractivity contribution in [1.29, 1.82) is 0 Å². The maximum absolute atomic E-state index is 14.9. The summed E-state index contributed by atoms with van der Waals surface area (Å²) in [6, 6.07) is 3.70. The van der Waals surface area contributed by atoms with Gasteiger partial charge in [-0.15, -0.1) is 6.42 Å². The Morgan fingerprint density at radius 2 is 1.90 bits per heavy atom. The zero-order valence-electron chi connectivity index (χ0n) is 15.2. The predicted molar refractivity (Wildman–Crippen MR) is 109 cm³/mol. The topological polar surface area (TPSA) is 80.9 Å². The Labute approximate surface area is 183 Å². The molecule has 1 amide bonds. The molecule has 31 heavy (non-hydrogen) atoms. The van der Waals surface area contributed by atoms with Crippen molar-refractivity contribution in [1.82, 2.24) is 9.97 Å². The summed E-state index contributed by atoms with van der Waals surface area (Å²) in [5.41, 5.74) is 4.16. The van der Waals surface area contributed by atoms with Gasteiger partial charge in [0.25, 0.3) is 5.91 Å². The van der Waals surface area contributed by atoms with E-state index in [1.54, 1.807) is 0 Å². The second kappa shape index (κ2) is 8.41. The number of anilines is 2. The molecule has 2 heterocycles. The molecule has 0 fully saturated rings. The summed E-state index contributed by atoms with van der Waals surface area (Å²) in [6.45, 7) is 0. The van der Waals surface area contributed by atoms with Crippen molar-refractivity contribution < 1.29 is 22.4 Å². The number of hydrogen-bond acceptors (Lipinski definition) is 4. The minimum Gasteiger partial charge on any atom is -0.396 e. The van der Waals surface area contributed by atoms with Crippen LogP contribution in [0.1, 0.15) is 21.6 Å². The molecule has 5 nitrogen and oxygen atoms in total. The maximum Gasteiger partial charge on any atom is 0.433 e. The molecule has 0 aliphatic carbocycles. The van der Waals surface area contributed by atoms with Crippen LogP contribution in [0.15, 0.2) is 36.7 Å². The number of amides is 1. The number of nitrogens with one attached hydrogen (secondary N) is 1. The number of halogens is 6. The molecule has 0 saturated heterocycles. The molecule has 0 saturated carbocycles. The van der Waals surface area contributed by atoms with Gasteiger partial charge in [0.2, 0.25) is 0 Å². The van der Waals surface area contributed by atoms with E-state index in [1.807, 2.05) is 0 Å². The van der Waals surface area contributed by atoms with Crippen molar-refractivity contribution >= 4 is 40.5 Å². The van der Waals surface area contributed by atoms with Crippen molar-refractivity contribution in [2.75, 3.05) is 11.1 Å². The minimum atomic E-state index is -4.70. The Kier molecular flexibility index (Phi) is 6.06. The Balaban J connectivity index is 2.00. The molecule has 0 spiro atoms. The fraction of sp³-hybridized carbons (Fsp3) is 0.0500. The number of alkyl halides is 3. The van der Waals surface area contributed by atoms with Crippen LogP contribution in [0.25, 0.3) is 11.1 Å². The summed E-state index contributed by atoms with van der Waals surface area (Å²) < 4.78 is 53.2. The first-order chi connectivity index (χ1) is 14.5. The molecule has 1 aromatic carbocycles. The number of benzene rings is 1. The van der Waals surface area contributed by atoms with Crippen molar-refractivity contribution in [3.05, 3.63) is 69.5 Å². The highest BCUT2D eigenvalue weighted by Gasteiger charge is 2.32. The first-order valence-electron chi connectivity index (χ1n) is 8.27. The third-order valence-corrected chi connectivity index (χ3v) is 4.72. The monoisotopic (exact) mass is 468 g/mol. The van der Waals surface area contributed by atoms with Crippen LogP contribution < -0.4 is 11.1 Å². The van der Waals surface area contributed by atoms with Crippen LogP contribution in [-0.2, 0) is 6.18 Å². The highest BCUT2D eigenvalue weighted by Crippen LogP contribution is 2.37. The molecule has 11 heteroatoms. The predicted octanol–water partition coefficient (Wildman–Crippen LogP) is 5.42. The van der Waals surface area contributed by atoms with Crippen molar-refractivity contribution in [2.45, 2.75) is 6.18 Å². The fourth-order valence-electron chi connectivity index (χ4n) is 2.68. The average molecular weight is 469 g/mol. The summed E-state index contributed by atoms with van der Waals surface area (Å²) in [4.78, 5) is 19.5. The number of carbonyl (C=O) groups is 1. The molecule has 3 rings (SSSR count). The van der Waals surface area contributed by atoms with Crippen LogP contribution in [0.2, 0.25) is 10.2 Å². The SMILES string of the molecule is C#Cc1cnc(Cl)c(N)c1-c1cc(Cl)c(C(=O)Nc2ccnc(C(F)(F)F)c2)cc1F. The number of rotatable bonds is 3. The van der Waals surface area contributed by atoms with Gasteiger partial charge in [0.15, 0.2) is 5.15 Å². The number of nitrogen functional groups attached to an aromatic ring is 1. The number of hydrogen-bond donors (Lipinski definition) is 2. The van der Waals surface area contributed by atoms with Gasteiger partial charge in [-0.05, 0) is 24.3 Å². The van der Waals surface area contributed by atoms with Crippen LogP contribution in [0, 0.1) is 18.2 Å². The van der Waals surface area contributed by atoms with Crippen LogP contribution in [0.4, 0.5) is 28.9 Å². The highest BCUT2D eigenvalue weighted by molar-refractivity contribution is 6.35. The number of pyridine rings is 2. The number of carbonyl (C=O) groups excluding carboxylic acids is 1. The molecule has 0 aliphatic heterocycles. The summed E-state index contributed by atoms with van der Waals surface area (Å²) >= 11 is 12.0. The lowest BCUT2D eigenvalue weighted by molar-refractivity contribution is -0.141. The number of nitrogens with zero attached hydrogens (tertiary/aromatic N) is 2. The maximum atomic E-state index is 14.9. The van der Waals surface area contributed by atoms with E-state index >= 15 is 0 Å². The fourth-order valence-corrected chi connectivity index (χ4v) is 3.07. The van der Waals surface area contributed by atoms with Gasteiger partial charge in [0.1, 0.15) is 11.5 Å². The highest BCUT2D eigenvalue weighted by atomic mass is 35.5. The van der Waals surface area contributed by atoms with Gasteiger partial charge < -0.3 is 11.1 Å². The van der Waals surface area contributed by atoms with E-state index in [9.17, 15) is 22.4 Å². The van der Waals surface area contributed by atoms with E-state index in [-0.39, 0.29) is 43.8 Å². The number of nitrogens with two attached hydrogens (primary N) is 1. The second-order valence-corrected chi connectivity index (χ2v) is 6.85. The zero-order chi connectivity index (χ0) is 22.9. The summed E-state index contributed by atoms with van der Waals surface area (Å²) in [6.07, 6.45) is 2.81. The molecule has 158 valence electrons. The summed E-state index contributed by atoms with van der Waals surface area (Å²) in [5.74, 6) is 0.460. The van der Waals surface area contributed by atoms with E-state index < -0.39 is 23.6 Å². The number of aromatic nitrogens is 2. The van der Waals surface area contributed by atoms with E-state index in [0.717, 1.165) is 24.4 Å². The molecule has 2 aromatic heterocycles. The van der Waals surface area contributed by atoms with Crippen molar-refractivity contribution in [3.63, 3.8) is 0 Å². The molecular formula is C20H10Cl2F4N4O. The van der Waals surface area contributed by atoms with Gasteiger partial charge >= 0.3 is 6.18 Å². The Hall–Kier alpha value is -3.35. The summed E-state index contributed by atoms with van der Waals surface area (Å²) in [7, 11) is 0. The molecule has 3 aromatic rings. The van der Waals surface area contributed by atoms with E-state index in [4.69, 9.17) is 35.4 Å². The molecular weight excluding hydrogens is 459 g/mol.